The van der Waals surface area contributed by atoms with E-state index in [-0.39, 0.29) is 13.0 Å². The van der Waals surface area contributed by atoms with Gasteiger partial charge in [0.1, 0.15) is 12.0 Å². The molecule has 0 amide bonds. The number of esters is 1. The molecule has 0 radical (unpaired) electrons. The number of carbonyl (C=O) groups excluding carboxylic acids is 1. The van der Waals surface area contributed by atoms with Gasteiger partial charge in [0.15, 0.2) is 0 Å². The SMILES string of the molecule is CC(=O)OC[C@@H]1O[C@@H](SSCCc2ccccc2C)[C@H](CC(=O)O)[C@@H](CC(=O)O)[C@H]1CC(=O)O. The zero-order valence-corrected chi connectivity index (χ0v) is 20.7. The molecule has 2 rings (SSSR count). The van der Waals surface area contributed by atoms with Crippen molar-refractivity contribution in [3.05, 3.63) is 35.4 Å². The van der Waals surface area contributed by atoms with Crippen molar-refractivity contribution in [3.63, 3.8) is 0 Å². The average Bonchev–Trinajstić information content (AvgIpc) is 2.73. The van der Waals surface area contributed by atoms with Crippen LogP contribution in [0.25, 0.3) is 0 Å². The molecule has 1 saturated heterocycles. The first-order valence-electron chi connectivity index (χ1n) is 10.9. The van der Waals surface area contributed by atoms with Crippen LogP contribution in [-0.4, -0.2) is 63.1 Å². The first-order chi connectivity index (χ1) is 16.1. The predicted molar refractivity (Wildman–Crippen MR) is 127 cm³/mol. The highest BCUT2D eigenvalue weighted by Crippen LogP contribution is 2.47. The molecule has 5 atom stereocenters. The van der Waals surface area contributed by atoms with Crippen molar-refractivity contribution in [2.45, 2.75) is 51.1 Å². The van der Waals surface area contributed by atoms with Gasteiger partial charge in [-0.3, -0.25) is 19.2 Å². The van der Waals surface area contributed by atoms with Crippen LogP contribution in [0.15, 0.2) is 24.3 Å². The normalized spacial score (nSPS) is 24.4. The van der Waals surface area contributed by atoms with Gasteiger partial charge in [0.25, 0.3) is 0 Å². The Bertz CT molecular complexity index is 876. The summed E-state index contributed by atoms with van der Waals surface area (Å²) in [6, 6.07) is 8.00. The van der Waals surface area contributed by atoms with Crippen LogP contribution in [0.3, 0.4) is 0 Å². The molecule has 1 aliphatic rings. The zero-order valence-electron chi connectivity index (χ0n) is 19.0. The number of ether oxygens (including phenoxy) is 2. The Hall–Kier alpha value is -2.24. The van der Waals surface area contributed by atoms with Crippen molar-refractivity contribution < 1.29 is 44.0 Å². The molecule has 0 unspecified atom stereocenters. The van der Waals surface area contributed by atoms with Gasteiger partial charge >= 0.3 is 23.9 Å². The second kappa shape index (κ2) is 13.6. The van der Waals surface area contributed by atoms with Crippen molar-refractivity contribution in [2.75, 3.05) is 12.4 Å². The third-order valence-electron chi connectivity index (χ3n) is 5.80. The third kappa shape index (κ3) is 8.84. The first kappa shape index (κ1) is 28.0. The number of carbonyl (C=O) groups is 4. The molecule has 1 aliphatic heterocycles. The third-order valence-corrected chi connectivity index (χ3v) is 8.43. The summed E-state index contributed by atoms with van der Waals surface area (Å²) in [5.41, 5.74) is 1.67. The highest BCUT2D eigenvalue weighted by molar-refractivity contribution is 8.76. The average molecular weight is 515 g/mol. The summed E-state index contributed by atoms with van der Waals surface area (Å²) in [7, 11) is 2.80. The van der Waals surface area contributed by atoms with Gasteiger partial charge in [0, 0.05) is 30.9 Å². The first-order valence-corrected chi connectivity index (χ1v) is 13.2. The standard InChI is InChI=1S/C23H30O9S2/c1-13-5-3-4-6-15(13)7-8-33-34-23-18(11-22(29)30)16(9-20(25)26)17(10-21(27)28)19(32-23)12-31-14(2)24/h3-6,16-19,23H,7-12H2,1-2H3,(H,25,26)(H,27,28)(H,29,30)/t16-,17+,18+,19-,23-/m0/s1. The van der Waals surface area contributed by atoms with Gasteiger partial charge in [-0.25, -0.2) is 0 Å². The van der Waals surface area contributed by atoms with Crippen LogP contribution >= 0.6 is 21.6 Å². The van der Waals surface area contributed by atoms with Crippen molar-refractivity contribution >= 4 is 45.5 Å². The van der Waals surface area contributed by atoms with Gasteiger partial charge in [-0.2, -0.15) is 0 Å². The van der Waals surface area contributed by atoms with Gasteiger partial charge in [-0.1, -0.05) is 45.9 Å². The molecule has 3 N–H and O–H groups in total. The van der Waals surface area contributed by atoms with Crippen LogP contribution in [0.5, 0.6) is 0 Å². The van der Waals surface area contributed by atoms with Gasteiger partial charge < -0.3 is 24.8 Å². The number of aliphatic carboxylic acids is 3. The highest BCUT2D eigenvalue weighted by atomic mass is 33.1. The molecule has 9 nitrogen and oxygen atoms in total. The van der Waals surface area contributed by atoms with E-state index >= 15 is 0 Å². The highest BCUT2D eigenvalue weighted by Gasteiger charge is 2.48. The van der Waals surface area contributed by atoms with Gasteiger partial charge in [0.05, 0.1) is 18.9 Å². The fourth-order valence-electron chi connectivity index (χ4n) is 4.22. The number of rotatable bonds is 13. The number of carboxylic acids is 3. The minimum Gasteiger partial charge on any atom is -0.481 e. The molecule has 0 saturated carbocycles. The Morgan fingerprint density at radius 1 is 0.941 bits per heavy atom. The maximum absolute atomic E-state index is 11.6. The Morgan fingerprint density at radius 3 is 2.12 bits per heavy atom. The Morgan fingerprint density at radius 2 is 1.53 bits per heavy atom. The summed E-state index contributed by atoms with van der Waals surface area (Å²) < 4.78 is 11.2. The summed E-state index contributed by atoms with van der Waals surface area (Å²) >= 11 is 0. The van der Waals surface area contributed by atoms with Crippen molar-refractivity contribution in [1.82, 2.24) is 0 Å². The maximum atomic E-state index is 11.6. The topological polar surface area (TPSA) is 147 Å². The van der Waals surface area contributed by atoms with Crippen LogP contribution in [0.2, 0.25) is 0 Å². The Balaban J connectivity index is 2.22. The van der Waals surface area contributed by atoms with E-state index in [4.69, 9.17) is 9.47 Å². The molecule has 1 fully saturated rings. The minimum atomic E-state index is -1.16. The molecular formula is C23H30O9S2. The fourth-order valence-corrected chi connectivity index (χ4v) is 6.89. The van der Waals surface area contributed by atoms with Gasteiger partial charge in [0.2, 0.25) is 0 Å². The molecule has 0 aliphatic carbocycles. The largest absolute Gasteiger partial charge is 0.481 e. The van der Waals surface area contributed by atoms with Crippen molar-refractivity contribution in [1.29, 1.82) is 0 Å². The van der Waals surface area contributed by atoms with E-state index in [9.17, 15) is 34.5 Å². The van der Waals surface area contributed by atoms with E-state index in [1.807, 2.05) is 31.2 Å². The predicted octanol–water partition coefficient (Wildman–Crippen LogP) is 3.48. The molecule has 1 aromatic rings. The molecule has 188 valence electrons. The van der Waals surface area contributed by atoms with Crippen molar-refractivity contribution in [3.8, 4) is 0 Å². The van der Waals surface area contributed by atoms with Crippen molar-refractivity contribution in [2.24, 2.45) is 17.8 Å². The van der Waals surface area contributed by atoms with Crippen LogP contribution in [0.1, 0.15) is 37.3 Å². The lowest BCUT2D eigenvalue weighted by molar-refractivity contribution is -0.172. The van der Waals surface area contributed by atoms with E-state index in [1.165, 1.54) is 39.6 Å². The quantitative estimate of drug-likeness (QED) is 0.202. The smallest absolute Gasteiger partial charge is 0.303 e. The van der Waals surface area contributed by atoms with E-state index in [2.05, 4.69) is 0 Å². The maximum Gasteiger partial charge on any atom is 0.303 e. The minimum absolute atomic E-state index is 0.228. The van der Waals surface area contributed by atoms with E-state index < -0.39 is 66.0 Å². The monoisotopic (exact) mass is 514 g/mol. The molecule has 1 heterocycles. The summed E-state index contributed by atoms with van der Waals surface area (Å²) in [4.78, 5) is 46.1. The molecule has 0 spiro atoms. The Labute approximate surface area is 206 Å². The van der Waals surface area contributed by atoms with Crippen LogP contribution in [-0.2, 0) is 35.1 Å². The number of hydrogen-bond donors (Lipinski definition) is 3. The second-order valence-corrected chi connectivity index (χ2v) is 10.8. The molecule has 0 aromatic heterocycles. The molecular weight excluding hydrogens is 484 g/mol. The molecule has 1 aromatic carbocycles. The number of benzene rings is 1. The molecule has 0 bridgehead atoms. The van der Waals surface area contributed by atoms with E-state index in [0.717, 1.165) is 6.42 Å². The molecule has 34 heavy (non-hydrogen) atoms. The van der Waals surface area contributed by atoms with Crippen LogP contribution in [0.4, 0.5) is 0 Å². The summed E-state index contributed by atoms with van der Waals surface area (Å²) in [6.07, 6.45) is -1.25. The lowest BCUT2D eigenvalue weighted by atomic mass is 9.72. The summed E-state index contributed by atoms with van der Waals surface area (Å²) in [5, 5.41) is 28.4. The Kier molecular flexibility index (Phi) is 11.2. The second-order valence-electron chi connectivity index (χ2n) is 8.23. The number of hydrogen-bond acceptors (Lipinski definition) is 8. The zero-order chi connectivity index (χ0) is 25.3. The van der Waals surface area contributed by atoms with E-state index in [1.54, 1.807) is 0 Å². The van der Waals surface area contributed by atoms with E-state index in [0.29, 0.717) is 5.75 Å². The van der Waals surface area contributed by atoms with Crippen LogP contribution in [0, 0.1) is 24.7 Å². The molecule has 11 heteroatoms. The lowest BCUT2D eigenvalue weighted by Crippen LogP contribution is -2.50. The number of carboxylic acid groups (broad SMARTS) is 3. The summed E-state index contributed by atoms with van der Waals surface area (Å²) in [6.45, 7) is 3.01. The van der Waals surface area contributed by atoms with Crippen LogP contribution < -0.4 is 0 Å². The van der Waals surface area contributed by atoms with Gasteiger partial charge in [-0.05, 0) is 30.4 Å². The van der Waals surface area contributed by atoms with Gasteiger partial charge in [-0.15, -0.1) is 0 Å². The fraction of sp³-hybridized carbons (Fsp3) is 0.565. The number of aryl methyl sites for hydroxylation is 2. The lowest BCUT2D eigenvalue weighted by Gasteiger charge is -2.45. The summed E-state index contributed by atoms with van der Waals surface area (Å²) in [5.74, 6) is -5.60.